The fourth-order valence-corrected chi connectivity index (χ4v) is 0. The molecule has 13 heteroatoms. The number of hydrogen-bond donors (Lipinski definition) is 0. The molecule has 0 aromatic carbocycles. The summed E-state index contributed by atoms with van der Waals surface area (Å²) in [5, 5.41) is 0. The van der Waals surface area contributed by atoms with Crippen molar-refractivity contribution in [2.24, 2.45) is 0 Å². The number of hydrogen-bond acceptors (Lipinski definition) is 9. The predicted molar refractivity (Wildman–Crippen MR) is 2.06 cm³/mol. The van der Waals surface area contributed by atoms with Crippen LogP contribution in [0.1, 0.15) is 0 Å². The monoisotopic (exact) mass is 512 g/mol. The molecule has 0 aliphatic rings. The predicted octanol–water partition coefficient (Wildman–Crippen LogP) is -7.50. The van der Waals surface area contributed by atoms with Crippen molar-refractivity contribution in [3.63, 3.8) is 0 Å². The Hall–Kier alpha value is 2.50. The Morgan fingerprint density at radius 1 is 0.538 bits per heavy atom. The van der Waals surface area contributed by atoms with Crippen molar-refractivity contribution in [3.05, 3.63) is 0 Å². The second-order valence-corrected chi connectivity index (χ2v) is 4.44. The molecule has 0 fully saturated rings. The second-order valence-electron chi connectivity index (χ2n) is 0.750. The van der Waals surface area contributed by atoms with E-state index >= 15 is 0 Å². The van der Waals surface area contributed by atoms with Gasteiger partial charge in [-0.2, -0.15) is 0 Å². The van der Waals surface area contributed by atoms with Gasteiger partial charge in [0.15, 0.2) is 0 Å². The fraction of sp³-hybridized carbons (Fsp3) is 0. The molecule has 0 spiro atoms. The van der Waals surface area contributed by atoms with E-state index in [0.29, 0.717) is 0 Å². The van der Waals surface area contributed by atoms with E-state index in [1.54, 1.807) is 0 Å². The summed E-state index contributed by atoms with van der Waals surface area (Å²) in [6.45, 7) is 0. The van der Waals surface area contributed by atoms with Crippen molar-refractivity contribution in [1.82, 2.24) is 0 Å². The molecule has 0 aliphatic carbocycles. The van der Waals surface area contributed by atoms with E-state index in [0.717, 1.165) is 0 Å². The third-order valence-corrected chi connectivity index (χ3v) is 0. The Morgan fingerprint density at radius 2 is 0.538 bits per heavy atom. The van der Waals surface area contributed by atoms with E-state index in [2.05, 4.69) is 0 Å². The van der Waals surface area contributed by atoms with Crippen molar-refractivity contribution in [2.45, 2.75) is 0 Å². The summed E-state index contributed by atoms with van der Waals surface area (Å²) in [5.74, 6) is 0. The number of rotatable bonds is 0. The van der Waals surface area contributed by atoms with Gasteiger partial charge in [0, 0.05) is 0 Å². The summed E-state index contributed by atoms with van der Waals surface area (Å²) in [7, 11) is 0. The standard InChI is InChI=1S/Mo.9O.3Zr/q+6;;;;6*-1;;;. The van der Waals surface area contributed by atoms with Gasteiger partial charge in [-0.05, 0) is 0 Å². The molecule has 0 aromatic rings. The molecule has 0 aliphatic heterocycles. The molecule has 0 saturated carbocycles. The van der Waals surface area contributed by atoms with Gasteiger partial charge in [0.25, 0.3) is 0 Å². The zero-order chi connectivity index (χ0) is 10.7. The Bertz CT molecular complexity index is 112. The van der Waals surface area contributed by atoms with Gasteiger partial charge in [0.2, 0.25) is 0 Å². The third-order valence-electron chi connectivity index (χ3n) is 0. The zero-order valence-corrected chi connectivity index (χ0v) is 15.0. The molecule has 72 valence electrons. The molecular formula is MoO9Zr3. The third kappa shape index (κ3) is 363. The first-order chi connectivity index (χ1) is 5.20. The Kier molecular flexibility index (Phi) is 37.9. The van der Waals surface area contributed by atoms with Crippen molar-refractivity contribution in [2.75, 3.05) is 0 Å². The van der Waals surface area contributed by atoms with Crippen LogP contribution in [0.5, 0.6) is 0 Å². The van der Waals surface area contributed by atoms with Crippen molar-refractivity contribution < 1.29 is 117 Å². The summed E-state index contributed by atoms with van der Waals surface area (Å²) in [6, 6.07) is 0. The SMILES string of the molecule is [Mo+6].[O]=[Zr]([O-])[O-].[O]=[Zr]([O-])[O-].[O]=[Zr]([O-])[O-]. The van der Waals surface area contributed by atoms with Crippen molar-refractivity contribution in [3.8, 4) is 0 Å². The van der Waals surface area contributed by atoms with E-state index in [4.69, 9.17) is 27.5 Å². The van der Waals surface area contributed by atoms with Crippen LogP contribution in [-0.4, -0.2) is 0 Å². The van der Waals surface area contributed by atoms with Crippen LogP contribution in [0.4, 0.5) is 0 Å². The Balaban J connectivity index is -0.0000000450. The van der Waals surface area contributed by atoms with Crippen LogP contribution < -0.4 is 19.1 Å². The van der Waals surface area contributed by atoms with E-state index in [1.165, 1.54) is 0 Å². The van der Waals surface area contributed by atoms with Gasteiger partial charge in [0.05, 0.1) is 0 Å². The molecule has 0 bridgehead atoms. The average molecular weight is 514 g/mol. The van der Waals surface area contributed by atoms with Crippen LogP contribution in [0.3, 0.4) is 0 Å². The van der Waals surface area contributed by atoms with E-state index in [9.17, 15) is 0 Å². The van der Waals surface area contributed by atoms with E-state index in [1.807, 2.05) is 0 Å². The second kappa shape index (κ2) is 20.0. The van der Waals surface area contributed by atoms with Gasteiger partial charge in [-0.25, -0.2) is 0 Å². The van der Waals surface area contributed by atoms with Crippen LogP contribution in [0, 0.1) is 0 Å². The van der Waals surface area contributed by atoms with Gasteiger partial charge in [0.1, 0.15) is 0 Å². The molecule has 9 nitrogen and oxygen atoms in total. The van der Waals surface area contributed by atoms with Gasteiger partial charge < -0.3 is 0 Å². The van der Waals surface area contributed by atoms with Crippen molar-refractivity contribution in [1.29, 1.82) is 0 Å². The summed E-state index contributed by atoms with van der Waals surface area (Å²) in [5.41, 5.74) is 0. The molecule has 13 heavy (non-hydrogen) atoms. The zero-order valence-electron chi connectivity index (χ0n) is 5.58. The summed E-state index contributed by atoms with van der Waals surface area (Å²) >= 11 is -12.9. The molecule has 0 aromatic heterocycles. The summed E-state index contributed by atoms with van der Waals surface area (Å²) in [6.07, 6.45) is 0. The van der Waals surface area contributed by atoms with Crippen LogP contribution >= 0.6 is 0 Å². The fourth-order valence-electron chi connectivity index (χ4n) is 0. The molecule has 0 saturated heterocycles. The van der Waals surface area contributed by atoms with E-state index in [-0.39, 0.29) is 21.1 Å². The quantitative estimate of drug-likeness (QED) is 0.283. The molecule has 0 N–H and O–H groups in total. The normalized spacial score (nSPS) is 6.00. The van der Waals surface area contributed by atoms with Crippen molar-refractivity contribution >= 4 is 0 Å². The minimum absolute atomic E-state index is 0. The average Bonchev–Trinajstić information content (AvgIpc) is 1.54. The molecule has 0 radical (unpaired) electrons. The van der Waals surface area contributed by atoms with E-state index < -0.39 is 67.9 Å². The Morgan fingerprint density at radius 3 is 0.538 bits per heavy atom. The Labute approximate surface area is 114 Å². The van der Waals surface area contributed by atoms with Gasteiger partial charge >= 0.3 is 117 Å². The molecule has 0 amide bonds. The molecule has 0 rings (SSSR count). The maximum absolute atomic E-state index is 8.61. The maximum atomic E-state index is 8.61. The van der Waals surface area contributed by atoms with Crippen LogP contribution in [0.15, 0.2) is 0 Å². The topological polar surface area (TPSA) is 190 Å². The first kappa shape index (κ1) is 24.6. The van der Waals surface area contributed by atoms with Crippen LogP contribution in [-0.2, 0) is 97.4 Å². The summed E-state index contributed by atoms with van der Waals surface area (Å²) in [4.78, 5) is 0. The van der Waals surface area contributed by atoms with Crippen LogP contribution in [0.25, 0.3) is 0 Å². The molecule has 0 unspecified atom stereocenters. The van der Waals surface area contributed by atoms with Gasteiger partial charge in [-0.3, -0.25) is 0 Å². The summed E-state index contributed by atoms with van der Waals surface area (Å²) < 4.78 is 77.5. The van der Waals surface area contributed by atoms with Gasteiger partial charge in [-0.1, -0.05) is 0 Å². The van der Waals surface area contributed by atoms with Crippen LogP contribution in [0.2, 0.25) is 0 Å². The molecular weight excluding hydrogens is 514 g/mol. The first-order valence-corrected chi connectivity index (χ1v) is 10.9. The molecule has 0 atom stereocenters. The molecule has 0 heterocycles. The minimum atomic E-state index is -4.29. The van der Waals surface area contributed by atoms with Gasteiger partial charge in [-0.15, -0.1) is 0 Å². The first-order valence-electron chi connectivity index (χ1n) is 1.84.